The van der Waals surface area contributed by atoms with Gasteiger partial charge in [0, 0.05) is 11.1 Å². The molecule has 0 fully saturated rings. The van der Waals surface area contributed by atoms with E-state index in [1.807, 2.05) is 56.3 Å². The van der Waals surface area contributed by atoms with E-state index in [1.165, 1.54) is 0 Å². The maximum atomic E-state index is 12.1. The van der Waals surface area contributed by atoms with Crippen molar-refractivity contribution in [2.45, 2.75) is 26.3 Å². The molecule has 100 valence electrons. The van der Waals surface area contributed by atoms with E-state index in [0.717, 1.165) is 22.9 Å². The molecule has 0 saturated carbocycles. The predicted molar refractivity (Wildman–Crippen MR) is 80.0 cm³/mol. The first-order valence-electron chi connectivity index (χ1n) is 6.67. The van der Waals surface area contributed by atoms with Gasteiger partial charge in [0.1, 0.15) is 0 Å². The molecule has 0 radical (unpaired) electrons. The van der Waals surface area contributed by atoms with Crippen LogP contribution in [0.15, 0.2) is 42.5 Å². The molecule has 2 aromatic carbocycles. The Balaban J connectivity index is 2.24. The summed E-state index contributed by atoms with van der Waals surface area (Å²) in [5, 5.41) is 5.08. The Kier molecular flexibility index (Phi) is 4.17. The fraction of sp³-hybridized carbons (Fsp3) is 0.312. The number of nitrogens with one attached hydrogen (secondary N) is 1. The first-order chi connectivity index (χ1) is 9.13. The van der Waals surface area contributed by atoms with Gasteiger partial charge in [0.2, 0.25) is 5.91 Å². The summed E-state index contributed by atoms with van der Waals surface area (Å²) in [4.78, 5) is 12.1. The smallest absolute Gasteiger partial charge is 0.241 e. The van der Waals surface area contributed by atoms with Crippen molar-refractivity contribution in [2.75, 3.05) is 5.32 Å². The van der Waals surface area contributed by atoms with Gasteiger partial charge in [-0.15, -0.1) is 0 Å². The Bertz CT molecular complexity index is 574. The minimum absolute atomic E-state index is 0.120. The molecular weight excluding hydrogens is 236 g/mol. The minimum Gasteiger partial charge on any atom is -0.324 e. The lowest BCUT2D eigenvalue weighted by Gasteiger charge is -2.18. The van der Waals surface area contributed by atoms with Crippen LogP contribution in [0.3, 0.4) is 0 Å². The molecule has 19 heavy (non-hydrogen) atoms. The maximum absolute atomic E-state index is 12.1. The fourth-order valence-corrected chi connectivity index (χ4v) is 2.06. The Labute approximate surface area is 113 Å². The first-order valence-corrected chi connectivity index (χ1v) is 6.67. The van der Waals surface area contributed by atoms with Crippen molar-refractivity contribution in [3.05, 3.63) is 42.5 Å². The molecule has 2 rings (SSSR count). The van der Waals surface area contributed by atoms with Crippen molar-refractivity contribution in [1.29, 1.82) is 0 Å². The Morgan fingerprint density at radius 1 is 1.21 bits per heavy atom. The summed E-state index contributed by atoms with van der Waals surface area (Å²) >= 11 is 0. The van der Waals surface area contributed by atoms with Crippen LogP contribution in [-0.2, 0) is 4.79 Å². The monoisotopic (exact) mass is 256 g/mol. The van der Waals surface area contributed by atoms with E-state index in [4.69, 9.17) is 5.73 Å². The van der Waals surface area contributed by atoms with Gasteiger partial charge in [-0.25, -0.2) is 0 Å². The van der Waals surface area contributed by atoms with Crippen LogP contribution in [0, 0.1) is 5.92 Å². The largest absolute Gasteiger partial charge is 0.324 e. The lowest BCUT2D eigenvalue weighted by molar-refractivity contribution is -0.118. The van der Waals surface area contributed by atoms with Crippen molar-refractivity contribution in [3.8, 4) is 0 Å². The van der Waals surface area contributed by atoms with Crippen LogP contribution in [0.1, 0.15) is 20.3 Å². The van der Waals surface area contributed by atoms with E-state index in [-0.39, 0.29) is 11.8 Å². The van der Waals surface area contributed by atoms with Gasteiger partial charge in [0.25, 0.3) is 0 Å². The molecule has 0 bridgehead atoms. The lowest BCUT2D eigenvalue weighted by Crippen LogP contribution is -2.40. The van der Waals surface area contributed by atoms with Crippen molar-refractivity contribution in [2.24, 2.45) is 11.7 Å². The second-order valence-corrected chi connectivity index (χ2v) is 4.93. The highest BCUT2D eigenvalue weighted by Gasteiger charge is 2.19. The number of hydrogen-bond donors (Lipinski definition) is 2. The normalized spacial score (nSPS) is 14.1. The lowest BCUT2D eigenvalue weighted by atomic mass is 9.99. The molecule has 0 aliphatic carbocycles. The van der Waals surface area contributed by atoms with Crippen LogP contribution in [0.5, 0.6) is 0 Å². The van der Waals surface area contributed by atoms with Gasteiger partial charge in [-0.2, -0.15) is 0 Å². The van der Waals surface area contributed by atoms with Gasteiger partial charge in [0.15, 0.2) is 0 Å². The van der Waals surface area contributed by atoms with Crippen molar-refractivity contribution in [1.82, 2.24) is 0 Å². The molecule has 0 unspecified atom stereocenters. The van der Waals surface area contributed by atoms with Crippen molar-refractivity contribution in [3.63, 3.8) is 0 Å². The second kappa shape index (κ2) is 5.85. The van der Waals surface area contributed by atoms with Crippen molar-refractivity contribution < 1.29 is 4.79 Å². The molecular formula is C16H20N2O. The number of carbonyl (C=O) groups excluding carboxylic acids is 1. The highest BCUT2D eigenvalue weighted by Crippen LogP contribution is 2.23. The van der Waals surface area contributed by atoms with Crippen LogP contribution in [-0.4, -0.2) is 11.9 Å². The molecule has 3 heteroatoms. The van der Waals surface area contributed by atoms with Gasteiger partial charge in [-0.05, 0) is 17.4 Å². The number of anilines is 1. The summed E-state index contributed by atoms with van der Waals surface area (Å²) in [6.07, 6.45) is 0.893. The van der Waals surface area contributed by atoms with Gasteiger partial charge in [-0.1, -0.05) is 56.7 Å². The predicted octanol–water partition coefficient (Wildman–Crippen LogP) is 3.15. The number of nitrogens with two attached hydrogens (primary N) is 1. The summed E-state index contributed by atoms with van der Waals surface area (Å²) in [6, 6.07) is 13.4. The summed E-state index contributed by atoms with van der Waals surface area (Å²) in [7, 11) is 0. The highest BCUT2D eigenvalue weighted by molar-refractivity contribution is 6.03. The average Bonchev–Trinajstić information content (AvgIpc) is 2.46. The molecule has 1 amide bonds. The molecule has 2 aromatic rings. The third-order valence-electron chi connectivity index (χ3n) is 3.61. The molecule has 0 heterocycles. The van der Waals surface area contributed by atoms with Crippen LogP contribution in [0.25, 0.3) is 10.8 Å². The van der Waals surface area contributed by atoms with E-state index in [2.05, 4.69) is 5.32 Å². The number of rotatable bonds is 4. The van der Waals surface area contributed by atoms with E-state index >= 15 is 0 Å². The Hall–Kier alpha value is -1.87. The summed E-state index contributed by atoms with van der Waals surface area (Å²) in [6.45, 7) is 4.03. The second-order valence-electron chi connectivity index (χ2n) is 4.93. The Morgan fingerprint density at radius 3 is 2.63 bits per heavy atom. The third-order valence-corrected chi connectivity index (χ3v) is 3.61. The van der Waals surface area contributed by atoms with Crippen molar-refractivity contribution >= 4 is 22.4 Å². The van der Waals surface area contributed by atoms with Gasteiger partial charge < -0.3 is 11.1 Å². The van der Waals surface area contributed by atoms with Crippen LogP contribution >= 0.6 is 0 Å². The Morgan fingerprint density at radius 2 is 1.89 bits per heavy atom. The van der Waals surface area contributed by atoms with Crippen LogP contribution < -0.4 is 11.1 Å². The molecule has 2 atom stereocenters. The van der Waals surface area contributed by atoms with E-state index in [0.29, 0.717) is 0 Å². The highest BCUT2D eigenvalue weighted by atomic mass is 16.2. The quantitative estimate of drug-likeness (QED) is 0.883. The van der Waals surface area contributed by atoms with E-state index in [1.54, 1.807) is 0 Å². The molecule has 3 nitrogen and oxygen atoms in total. The van der Waals surface area contributed by atoms with Gasteiger partial charge in [-0.3, -0.25) is 4.79 Å². The standard InChI is InChI=1S/C16H20N2O/c1-3-11(2)15(17)16(19)18-14-10-6-8-12-7-4-5-9-13(12)14/h4-11,15H,3,17H2,1-2H3,(H,18,19)/t11-,15-/m0/s1. The SMILES string of the molecule is CC[C@H](C)[C@H](N)C(=O)Nc1cccc2ccccc12. The molecule has 0 saturated heterocycles. The minimum atomic E-state index is -0.469. The maximum Gasteiger partial charge on any atom is 0.241 e. The number of hydrogen-bond acceptors (Lipinski definition) is 2. The van der Waals surface area contributed by atoms with Gasteiger partial charge in [0.05, 0.1) is 6.04 Å². The van der Waals surface area contributed by atoms with Crippen LogP contribution in [0.4, 0.5) is 5.69 Å². The number of amides is 1. The van der Waals surface area contributed by atoms with E-state index in [9.17, 15) is 4.79 Å². The molecule has 0 spiro atoms. The molecule has 0 aliphatic rings. The fourth-order valence-electron chi connectivity index (χ4n) is 2.06. The number of benzene rings is 2. The van der Waals surface area contributed by atoms with Gasteiger partial charge >= 0.3 is 0 Å². The molecule has 0 aliphatic heterocycles. The van der Waals surface area contributed by atoms with E-state index < -0.39 is 6.04 Å². The number of carbonyl (C=O) groups is 1. The first kappa shape index (κ1) is 13.6. The average molecular weight is 256 g/mol. The summed E-state index contributed by atoms with van der Waals surface area (Å²) < 4.78 is 0. The zero-order chi connectivity index (χ0) is 13.8. The zero-order valence-electron chi connectivity index (χ0n) is 11.4. The van der Waals surface area contributed by atoms with Crippen LogP contribution in [0.2, 0.25) is 0 Å². The summed E-state index contributed by atoms with van der Waals surface area (Å²) in [5.41, 5.74) is 6.77. The third kappa shape index (κ3) is 2.93. The molecule has 0 aromatic heterocycles. The zero-order valence-corrected chi connectivity index (χ0v) is 11.4. The summed E-state index contributed by atoms with van der Waals surface area (Å²) in [5.74, 6) is 0.0562. The topological polar surface area (TPSA) is 55.1 Å². The number of fused-ring (bicyclic) bond motifs is 1. The molecule has 3 N–H and O–H groups in total.